The molecule has 1 fully saturated rings. The molecule has 1 aromatic heterocycles. The summed E-state index contributed by atoms with van der Waals surface area (Å²) in [5.41, 5.74) is 0. The molecule has 0 aromatic carbocycles. The van der Waals surface area contributed by atoms with Crippen molar-refractivity contribution in [2.24, 2.45) is 5.92 Å². The van der Waals surface area contributed by atoms with Gasteiger partial charge < -0.3 is 15.1 Å². The first-order chi connectivity index (χ1) is 9.70. The minimum atomic E-state index is 0.730. The first-order valence-corrected chi connectivity index (χ1v) is 7.66. The number of hydrogen-bond donors (Lipinski definition) is 1. The van der Waals surface area contributed by atoms with Crippen LogP contribution in [0.4, 0.5) is 11.8 Å². The van der Waals surface area contributed by atoms with Crippen LogP contribution in [-0.4, -0.2) is 50.2 Å². The minimum absolute atomic E-state index is 0.730. The zero-order valence-electron chi connectivity index (χ0n) is 13.0. The van der Waals surface area contributed by atoms with Crippen molar-refractivity contribution in [3.05, 3.63) is 12.3 Å². The van der Waals surface area contributed by atoms with E-state index in [2.05, 4.69) is 27.1 Å². The van der Waals surface area contributed by atoms with Gasteiger partial charge in [0, 0.05) is 33.4 Å². The van der Waals surface area contributed by atoms with Gasteiger partial charge in [0.05, 0.1) is 0 Å². The van der Waals surface area contributed by atoms with Gasteiger partial charge in [-0.15, -0.1) is 0 Å². The Labute approximate surface area is 122 Å². The average Bonchev–Trinajstić information content (AvgIpc) is 2.48. The molecule has 20 heavy (non-hydrogen) atoms. The second-order valence-electron chi connectivity index (χ2n) is 5.77. The van der Waals surface area contributed by atoms with Crippen LogP contribution in [0.15, 0.2) is 12.3 Å². The Bertz CT molecular complexity index is 401. The summed E-state index contributed by atoms with van der Waals surface area (Å²) in [6.07, 6.45) is 5.61. The summed E-state index contributed by atoms with van der Waals surface area (Å²) >= 11 is 0. The molecule has 1 aromatic rings. The number of hydrogen-bond acceptors (Lipinski definition) is 5. The van der Waals surface area contributed by atoms with Gasteiger partial charge in [0.2, 0.25) is 5.95 Å². The Morgan fingerprint density at radius 3 is 2.90 bits per heavy atom. The first kappa shape index (κ1) is 15.0. The molecular weight excluding hydrogens is 250 g/mol. The molecule has 1 aliphatic heterocycles. The fraction of sp³-hybridized carbons (Fsp3) is 0.733. The molecule has 0 aliphatic carbocycles. The van der Waals surface area contributed by atoms with Crippen LogP contribution in [0.25, 0.3) is 0 Å². The molecule has 1 unspecified atom stereocenters. The van der Waals surface area contributed by atoms with E-state index in [9.17, 15) is 0 Å². The predicted molar refractivity (Wildman–Crippen MR) is 84.5 cm³/mol. The number of piperidine rings is 1. The molecule has 1 atom stereocenters. The summed E-state index contributed by atoms with van der Waals surface area (Å²) in [7, 11) is 3.96. The van der Waals surface area contributed by atoms with E-state index in [-0.39, 0.29) is 0 Å². The van der Waals surface area contributed by atoms with Crippen LogP contribution in [0, 0.1) is 5.92 Å². The van der Waals surface area contributed by atoms with Crippen molar-refractivity contribution in [3.8, 4) is 0 Å². The summed E-state index contributed by atoms with van der Waals surface area (Å²) < 4.78 is 0. The van der Waals surface area contributed by atoms with Gasteiger partial charge in [-0.3, -0.25) is 0 Å². The third-order valence-corrected chi connectivity index (χ3v) is 3.72. The van der Waals surface area contributed by atoms with E-state index in [1.54, 1.807) is 0 Å². The van der Waals surface area contributed by atoms with E-state index in [0.29, 0.717) is 0 Å². The second kappa shape index (κ2) is 7.43. The third-order valence-electron chi connectivity index (χ3n) is 3.72. The van der Waals surface area contributed by atoms with Crippen LogP contribution < -0.4 is 15.1 Å². The van der Waals surface area contributed by atoms with E-state index >= 15 is 0 Å². The van der Waals surface area contributed by atoms with Crippen molar-refractivity contribution in [1.29, 1.82) is 0 Å². The highest BCUT2D eigenvalue weighted by Gasteiger charge is 2.18. The van der Waals surface area contributed by atoms with Crippen LogP contribution in [0.5, 0.6) is 0 Å². The van der Waals surface area contributed by atoms with Crippen molar-refractivity contribution in [2.45, 2.75) is 26.2 Å². The maximum absolute atomic E-state index is 4.68. The molecule has 5 nitrogen and oxygen atoms in total. The number of rotatable bonds is 6. The van der Waals surface area contributed by atoms with Crippen molar-refractivity contribution < 1.29 is 0 Å². The molecule has 1 aliphatic rings. The van der Waals surface area contributed by atoms with Crippen molar-refractivity contribution in [1.82, 2.24) is 15.3 Å². The number of nitrogens with zero attached hydrogens (tertiary/aromatic N) is 4. The first-order valence-electron chi connectivity index (χ1n) is 7.66. The monoisotopic (exact) mass is 277 g/mol. The lowest BCUT2D eigenvalue weighted by Crippen LogP contribution is -2.39. The largest absolute Gasteiger partial charge is 0.356 e. The normalized spacial score (nSPS) is 18.9. The molecule has 1 N–H and O–H groups in total. The van der Waals surface area contributed by atoms with Gasteiger partial charge in [-0.25, -0.2) is 4.98 Å². The smallest absolute Gasteiger partial charge is 0.226 e. The molecule has 0 radical (unpaired) electrons. The van der Waals surface area contributed by atoms with Crippen LogP contribution in [0.1, 0.15) is 26.2 Å². The summed E-state index contributed by atoms with van der Waals surface area (Å²) in [6, 6.07) is 2.03. The topological polar surface area (TPSA) is 44.3 Å². The minimum Gasteiger partial charge on any atom is -0.356 e. The SMILES string of the molecule is CCCN(CC1CCCNC1)c1ccnc(N(C)C)n1. The average molecular weight is 277 g/mol. The molecule has 1 saturated heterocycles. The van der Waals surface area contributed by atoms with E-state index in [0.717, 1.165) is 43.7 Å². The highest BCUT2D eigenvalue weighted by Crippen LogP contribution is 2.18. The lowest BCUT2D eigenvalue weighted by Gasteiger charge is -2.31. The second-order valence-corrected chi connectivity index (χ2v) is 5.77. The quantitative estimate of drug-likeness (QED) is 0.858. The van der Waals surface area contributed by atoms with Gasteiger partial charge in [-0.2, -0.15) is 4.98 Å². The molecule has 0 amide bonds. The van der Waals surface area contributed by atoms with Crippen LogP contribution in [-0.2, 0) is 0 Å². The van der Waals surface area contributed by atoms with Crippen molar-refractivity contribution in [2.75, 3.05) is 50.1 Å². The summed E-state index contributed by atoms with van der Waals surface area (Å²) in [6.45, 7) is 6.67. The van der Waals surface area contributed by atoms with Crippen LogP contribution >= 0.6 is 0 Å². The number of anilines is 2. The van der Waals surface area contributed by atoms with Crippen molar-refractivity contribution >= 4 is 11.8 Å². The molecule has 5 heteroatoms. The molecule has 0 saturated carbocycles. The van der Waals surface area contributed by atoms with Gasteiger partial charge in [0.25, 0.3) is 0 Å². The highest BCUT2D eigenvalue weighted by atomic mass is 15.3. The van der Waals surface area contributed by atoms with Crippen LogP contribution in [0.2, 0.25) is 0 Å². The molecule has 2 heterocycles. The number of aromatic nitrogens is 2. The zero-order valence-corrected chi connectivity index (χ0v) is 13.0. The lowest BCUT2D eigenvalue weighted by atomic mass is 9.99. The Hall–Kier alpha value is -1.36. The maximum Gasteiger partial charge on any atom is 0.226 e. The fourth-order valence-corrected chi connectivity index (χ4v) is 2.69. The fourth-order valence-electron chi connectivity index (χ4n) is 2.69. The molecule has 112 valence electrons. The molecule has 0 bridgehead atoms. The van der Waals surface area contributed by atoms with E-state index in [1.807, 2.05) is 31.3 Å². The van der Waals surface area contributed by atoms with Gasteiger partial charge in [0.15, 0.2) is 0 Å². The maximum atomic E-state index is 4.68. The Morgan fingerprint density at radius 1 is 1.40 bits per heavy atom. The van der Waals surface area contributed by atoms with Gasteiger partial charge >= 0.3 is 0 Å². The Balaban J connectivity index is 2.08. The van der Waals surface area contributed by atoms with E-state index < -0.39 is 0 Å². The van der Waals surface area contributed by atoms with E-state index in [1.165, 1.54) is 19.4 Å². The van der Waals surface area contributed by atoms with Crippen molar-refractivity contribution in [3.63, 3.8) is 0 Å². The Kier molecular flexibility index (Phi) is 5.59. The van der Waals surface area contributed by atoms with E-state index in [4.69, 9.17) is 0 Å². The summed E-state index contributed by atoms with van der Waals surface area (Å²) in [5, 5.41) is 3.50. The number of nitrogens with one attached hydrogen (secondary N) is 1. The highest BCUT2D eigenvalue weighted by molar-refractivity contribution is 5.43. The standard InChI is InChI=1S/C15H27N5/c1-4-10-20(12-13-6-5-8-16-11-13)14-7-9-17-15(18-14)19(2)3/h7,9,13,16H,4-6,8,10-12H2,1-3H3. The predicted octanol–water partition coefficient (Wildman–Crippen LogP) is 1.76. The van der Waals surface area contributed by atoms with Gasteiger partial charge in [0.1, 0.15) is 5.82 Å². The lowest BCUT2D eigenvalue weighted by molar-refractivity contribution is 0.376. The Morgan fingerprint density at radius 2 is 2.25 bits per heavy atom. The zero-order chi connectivity index (χ0) is 14.4. The molecule has 2 rings (SSSR count). The summed E-state index contributed by atoms with van der Waals surface area (Å²) in [5.74, 6) is 2.56. The van der Waals surface area contributed by atoms with Crippen LogP contribution in [0.3, 0.4) is 0 Å². The van der Waals surface area contributed by atoms with Gasteiger partial charge in [-0.05, 0) is 44.3 Å². The molecule has 0 spiro atoms. The van der Waals surface area contributed by atoms with Gasteiger partial charge in [-0.1, -0.05) is 6.92 Å². The third kappa shape index (κ3) is 4.07. The summed E-state index contributed by atoms with van der Waals surface area (Å²) in [4.78, 5) is 13.3. The molecular formula is C15H27N5.